The lowest BCUT2D eigenvalue weighted by Crippen LogP contribution is -2.49. The van der Waals surface area contributed by atoms with Crippen LogP contribution < -0.4 is 27.3 Å². The number of piperazine rings is 1. The third-order valence-electron chi connectivity index (χ3n) is 6.19. The van der Waals surface area contributed by atoms with E-state index in [0.29, 0.717) is 11.7 Å². The molecule has 0 amide bonds. The van der Waals surface area contributed by atoms with Crippen LogP contribution >= 0.6 is 0 Å². The Morgan fingerprint density at radius 2 is 1.94 bits per heavy atom. The standard InChI is InChI=1S/C24H26FN9/c1-15-11-28-8-9-33(15)19-5-2-16(3-6-19)18-12-29-24-21(13-30-34(24)14-18)17-4-7-22(25)20(10-17)23(31-26)32-27/h2-7,10,12-15,28H,8-9,11,26-27H2,1H3,(H,31,32)/t15-/m0/s1. The summed E-state index contributed by atoms with van der Waals surface area (Å²) in [6.07, 6.45) is 5.46. The molecule has 0 bridgehead atoms. The molecule has 6 N–H and O–H groups in total. The molecule has 1 aliphatic rings. The highest BCUT2D eigenvalue weighted by molar-refractivity contribution is 5.99. The van der Waals surface area contributed by atoms with Gasteiger partial charge in [-0.25, -0.2) is 19.7 Å². The second-order valence-electron chi connectivity index (χ2n) is 8.28. The first-order valence-corrected chi connectivity index (χ1v) is 11.0. The number of aromatic nitrogens is 3. The monoisotopic (exact) mass is 459 g/mol. The molecular weight excluding hydrogens is 433 g/mol. The molecule has 1 atom stereocenters. The zero-order valence-electron chi connectivity index (χ0n) is 18.7. The lowest BCUT2D eigenvalue weighted by molar-refractivity contribution is 0.501. The van der Waals surface area contributed by atoms with Crippen LogP contribution in [0.5, 0.6) is 0 Å². The number of anilines is 1. The molecule has 0 spiro atoms. The maximum atomic E-state index is 14.3. The van der Waals surface area contributed by atoms with Gasteiger partial charge in [0.25, 0.3) is 0 Å². The van der Waals surface area contributed by atoms with Crippen molar-refractivity contribution in [2.75, 3.05) is 24.5 Å². The third kappa shape index (κ3) is 3.93. The minimum absolute atomic E-state index is 0.0460. The Kier molecular flexibility index (Phi) is 5.83. The van der Waals surface area contributed by atoms with Crippen molar-refractivity contribution in [1.82, 2.24) is 25.3 Å². The summed E-state index contributed by atoms with van der Waals surface area (Å²) < 4.78 is 16.0. The minimum Gasteiger partial charge on any atom is -0.366 e. The quantitative estimate of drug-likeness (QED) is 0.160. The van der Waals surface area contributed by atoms with Gasteiger partial charge in [0, 0.05) is 54.9 Å². The molecule has 1 saturated heterocycles. The Hall–Kier alpha value is -4.02. The van der Waals surface area contributed by atoms with Crippen LogP contribution in [-0.4, -0.2) is 46.1 Å². The van der Waals surface area contributed by atoms with Crippen LogP contribution in [0.25, 0.3) is 27.9 Å². The molecule has 34 heavy (non-hydrogen) atoms. The van der Waals surface area contributed by atoms with Gasteiger partial charge in [-0.05, 0) is 42.3 Å². The van der Waals surface area contributed by atoms with E-state index in [4.69, 9.17) is 11.7 Å². The van der Waals surface area contributed by atoms with Crippen LogP contribution in [0.3, 0.4) is 0 Å². The van der Waals surface area contributed by atoms with Gasteiger partial charge in [0.05, 0.1) is 11.8 Å². The average Bonchev–Trinajstić information content (AvgIpc) is 3.30. The number of nitrogens with two attached hydrogens (primary N) is 2. The van der Waals surface area contributed by atoms with E-state index >= 15 is 0 Å². The van der Waals surface area contributed by atoms with E-state index in [2.05, 4.69) is 62.0 Å². The fourth-order valence-corrected chi connectivity index (χ4v) is 4.36. The zero-order chi connectivity index (χ0) is 23.7. The predicted octanol–water partition coefficient (Wildman–Crippen LogP) is 2.08. The van der Waals surface area contributed by atoms with E-state index in [-0.39, 0.29) is 11.4 Å². The van der Waals surface area contributed by atoms with Crippen LogP contribution in [0.1, 0.15) is 12.5 Å². The Balaban J connectivity index is 1.45. The van der Waals surface area contributed by atoms with Gasteiger partial charge in [-0.3, -0.25) is 0 Å². The molecule has 1 fully saturated rings. The first kappa shape index (κ1) is 21.8. The van der Waals surface area contributed by atoms with E-state index in [1.165, 1.54) is 11.8 Å². The number of nitrogens with one attached hydrogen (secondary N) is 2. The molecule has 3 heterocycles. The molecule has 10 heteroatoms. The molecule has 0 aliphatic carbocycles. The lowest BCUT2D eigenvalue weighted by Gasteiger charge is -2.36. The van der Waals surface area contributed by atoms with E-state index < -0.39 is 5.82 Å². The maximum absolute atomic E-state index is 14.3. The normalized spacial score (nSPS) is 16.7. The fourth-order valence-electron chi connectivity index (χ4n) is 4.36. The van der Waals surface area contributed by atoms with Gasteiger partial charge >= 0.3 is 0 Å². The van der Waals surface area contributed by atoms with Crippen LogP contribution in [-0.2, 0) is 0 Å². The summed E-state index contributed by atoms with van der Waals surface area (Å²) in [4.78, 5) is 7.06. The van der Waals surface area contributed by atoms with Gasteiger partial charge < -0.3 is 21.5 Å². The summed E-state index contributed by atoms with van der Waals surface area (Å²) >= 11 is 0. The number of benzene rings is 2. The third-order valence-corrected chi connectivity index (χ3v) is 6.19. The number of fused-ring (bicyclic) bond motifs is 1. The van der Waals surface area contributed by atoms with Gasteiger partial charge in [0.2, 0.25) is 0 Å². The van der Waals surface area contributed by atoms with Gasteiger partial charge in [0.1, 0.15) is 5.82 Å². The van der Waals surface area contributed by atoms with Crippen molar-refractivity contribution in [3.8, 4) is 22.3 Å². The van der Waals surface area contributed by atoms with Crippen molar-refractivity contribution in [3.63, 3.8) is 0 Å². The highest BCUT2D eigenvalue weighted by Crippen LogP contribution is 2.28. The molecule has 174 valence electrons. The summed E-state index contributed by atoms with van der Waals surface area (Å²) in [6.45, 7) is 5.21. The second kappa shape index (κ2) is 9.08. The summed E-state index contributed by atoms with van der Waals surface area (Å²) in [5, 5.41) is 11.4. The van der Waals surface area contributed by atoms with E-state index in [9.17, 15) is 4.39 Å². The van der Waals surface area contributed by atoms with Gasteiger partial charge in [0.15, 0.2) is 11.5 Å². The molecule has 1 aliphatic heterocycles. The average molecular weight is 460 g/mol. The fraction of sp³-hybridized carbons (Fsp3) is 0.208. The number of halogens is 1. The SMILES string of the molecule is C[C@H]1CNCCN1c1ccc(-c2cnc3c(-c4ccc(F)c(/C(=N/N)NN)c4)cnn3c2)cc1. The van der Waals surface area contributed by atoms with Crippen molar-refractivity contribution in [1.29, 1.82) is 0 Å². The van der Waals surface area contributed by atoms with Crippen molar-refractivity contribution >= 4 is 17.2 Å². The first-order chi connectivity index (χ1) is 16.6. The summed E-state index contributed by atoms with van der Waals surface area (Å²) in [6, 6.07) is 13.6. The summed E-state index contributed by atoms with van der Waals surface area (Å²) in [7, 11) is 0. The Bertz CT molecular complexity index is 1350. The highest BCUT2D eigenvalue weighted by atomic mass is 19.1. The molecule has 5 rings (SSSR count). The van der Waals surface area contributed by atoms with Crippen LogP contribution in [0.15, 0.2) is 66.2 Å². The minimum atomic E-state index is -0.490. The molecular formula is C24H26FN9. The smallest absolute Gasteiger partial charge is 0.169 e. The Labute approximate surface area is 196 Å². The number of rotatable bonds is 4. The molecule has 0 unspecified atom stereocenters. The maximum Gasteiger partial charge on any atom is 0.169 e. The van der Waals surface area contributed by atoms with Gasteiger partial charge in [-0.2, -0.15) is 10.2 Å². The van der Waals surface area contributed by atoms with Gasteiger partial charge in [-0.15, -0.1) is 0 Å². The zero-order valence-corrected chi connectivity index (χ0v) is 18.7. The molecule has 4 aromatic rings. The van der Waals surface area contributed by atoms with Crippen LogP contribution in [0.4, 0.5) is 10.1 Å². The van der Waals surface area contributed by atoms with Gasteiger partial charge in [-0.1, -0.05) is 18.2 Å². The summed E-state index contributed by atoms with van der Waals surface area (Å²) in [5.41, 5.74) is 7.83. The van der Waals surface area contributed by atoms with Crippen LogP contribution in [0.2, 0.25) is 0 Å². The van der Waals surface area contributed by atoms with Crippen molar-refractivity contribution < 1.29 is 4.39 Å². The molecule has 0 saturated carbocycles. The highest BCUT2D eigenvalue weighted by Gasteiger charge is 2.18. The molecule has 2 aromatic heterocycles. The van der Waals surface area contributed by atoms with E-state index in [1.807, 2.05) is 12.4 Å². The van der Waals surface area contributed by atoms with Crippen LogP contribution in [0, 0.1) is 5.82 Å². The topological polar surface area (TPSA) is 122 Å². The predicted molar refractivity (Wildman–Crippen MR) is 132 cm³/mol. The summed E-state index contributed by atoms with van der Waals surface area (Å²) in [5.74, 6) is 10.3. The van der Waals surface area contributed by atoms with Crippen molar-refractivity contribution in [2.24, 2.45) is 16.8 Å². The lowest BCUT2D eigenvalue weighted by atomic mass is 10.0. The van der Waals surface area contributed by atoms with E-state index in [0.717, 1.165) is 41.9 Å². The molecule has 9 nitrogen and oxygen atoms in total. The number of nitrogens with zero attached hydrogens (tertiary/aromatic N) is 5. The molecule has 0 radical (unpaired) electrons. The Morgan fingerprint density at radius 1 is 1.15 bits per heavy atom. The van der Waals surface area contributed by atoms with Crippen molar-refractivity contribution in [2.45, 2.75) is 13.0 Å². The largest absolute Gasteiger partial charge is 0.366 e. The molecule has 2 aromatic carbocycles. The number of hydrogen-bond donors (Lipinski definition) is 4. The number of hydrazone groups is 1. The Morgan fingerprint density at radius 3 is 2.68 bits per heavy atom. The first-order valence-electron chi connectivity index (χ1n) is 11.0. The number of amidine groups is 1. The number of hydrazine groups is 1. The second-order valence-corrected chi connectivity index (χ2v) is 8.28. The van der Waals surface area contributed by atoms with E-state index in [1.54, 1.807) is 22.8 Å². The number of hydrogen-bond acceptors (Lipinski definition) is 7. The van der Waals surface area contributed by atoms with Crippen molar-refractivity contribution in [3.05, 3.63) is 72.4 Å².